The number of hydrogen-bond acceptors (Lipinski definition) is 4. The molecule has 1 aliphatic rings. The van der Waals surface area contributed by atoms with Crippen LogP contribution in [0.1, 0.15) is 6.42 Å². The average Bonchev–Trinajstić information content (AvgIpc) is 2.70. The maximum atomic E-state index is 5.71. The van der Waals surface area contributed by atoms with Gasteiger partial charge in [-0.05, 0) is 12.5 Å². The lowest BCUT2D eigenvalue weighted by Crippen LogP contribution is -2.26. The summed E-state index contributed by atoms with van der Waals surface area (Å²) in [6, 6.07) is 3.70. The van der Waals surface area contributed by atoms with Gasteiger partial charge in [-0.25, -0.2) is 4.98 Å². The summed E-state index contributed by atoms with van der Waals surface area (Å²) < 4.78 is 5.35. The maximum Gasteiger partial charge on any atom is 0.130 e. The minimum absolute atomic E-state index is 0.623. The molecule has 0 aromatic carbocycles. The zero-order chi connectivity index (χ0) is 10.7. The molecule has 1 atom stereocenters. The topological polar surface area (TPSA) is 51.4 Å². The number of hydrogen-bond donors (Lipinski definition) is 1. The summed E-state index contributed by atoms with van der Waals surface area (Å²) in [5.74, 6) is 1.56. The Morgan fingerprint density at radius 2 is 2.53 bits per heavy atom. The molecule has 82 valence electrons. The van der Waals surface area contributed by atoms with E-state index in [4.69, 9.17) is 10.5 Å². The highest BCUT2D eigenvalue weighted by atomic mass is 16.5. The minimum Gasteiger partial charge on any atom is -0.399 e. The highest BCUT2D eigenvalue weighted by Gasteiger charge is 2.17. The molecular weight excluding hydrogens is 190 g/mol. The number of pyridine rings is 1. The predicted octanol–water partition coefficient (Wildman–Crippen LogP) is 1.14. The average molecular weight is 207 g/mol. The molecule has 15 heavy (non-hydrogen) atoms. The van der Waals surface area contributed by atoms with Crippen LogP contribution in [0.5, 0.6) is 0 Å². The number of anilines is 2. The summed E-state index contributed by atoms with van der Waals surface area (Å²) >= 11 is 0. The van der Waals surface area contributed by atoms with Gasteiger partial charge in [0.1, 0.15) is 5.82 Å². The van der Waals surface area contributed by atoms with Crippen LogP contribution in [0.4, 0.5) is 11.5 Å². The third-order valence-electron chi connectivity index (χ3n) is 2.72. The van der Waals surface area contributed by atoms with Crippen molar-refractivity contribution in [2.75, 3.05) is 37.4 Å². The van der Waals surface area contributed by atoms with Gasteiger partial charge in [0, 0.05) is 44.1 Å². The van der Waals surface area contributed by atoms with Crippen molar-refractivity contribution in [2.45, 2.75) is 6.42 Å². The first-order chi connectivity index (χ1) is 7.25. The van der Waals surface area contributed by atoms with Crippen molar-refractivity contribution in [3.63, 3.8) is 0 Å². The maximum absolute atomic E-state index is 5.71. The van der Waals surface area contributed by atoms with Gasteiger partial charge in [-0.3, -0.25) is 0 Å². The van der Waals surface area contributed by atoms with Gasteiger partial charge in [-0.2, -0.15) is 0 Å². The molecule has 1 fully saturated rings. The van der Waals surface area contributed by atoms with Gasteiger partial charge in [-0.15, -0.1) is 0 Å². The first-order valence-electron chi connectivity index (χ1n) is 5.26. The van der Waals surface area contributed by atoms with E-state index in [1.165, 1.54) is 0 Å². The van der Waals surface area contributed by atoms with Crippen LogP contribution < -0.4 is 10.6 Å². The van der Waals surface area contributed by atoms with Gasteiger partial charge >= 0.3 is 0 Å². The molecule has 4 nitrogen and oxygen atoms in total. The van der Waals surface area contributed by atoms with Gasteiger partial charge in [0.25, 0.3) is 0 Å². The van der Waals surface area contributed by atoms with Crippen molar-refractivity contribution in [3.8, 4) is 0 Å². The highest BCUT2D eigenvalue weighted by Crippen LogP contribution is 2.18. The normalized spacial score (nSPS) is 20.5. The van der Waals surface area contributed by atoms with Gasteiger partial charge < -0.3 is 15.4 Å². The number of rotatable bonds is 3. The number of ether oxygens (including phenoxy) is 1. The van der Waals surface area contributed by atoms with Crippen LogP contribution in [0.25, 0.3) is 0 Å². The number of aromatic nitrogens is 1. The molecule has 2 N–H and O–H groups in total. The quantitative estimate of drug-likeness (QED) is 0.807. The molecule has 0 amide bonds. The Labute approximate surface area is 90.0 Å². The third-order valence-corrected chi connectivity index (χ3v) is 2.72. The molecule has 1 aliphatic heterocycles. The van der Waals surface area contributed by atoms with E-state index in [9.17, 15) is 0 Å². The fraction of sp³-hybridized carbons (Fsp3) is 0.545. The van der Waals surface area contributed by atoms with Crippen molar-refractivity contribution in [1.82, 2.24) is 4.98 Å². The summed E-state index contributed by atoms with van der Waals surface area (Å²) in [7, 11) is 2.04. The van der Waals surface area contributed by atoms with Crippen LogP contribution in [0.15, 0.2) is 18.3 Å². The van der Waals surface area contributed by atoms with Crippen molar-refractivity contribution in [2.24, 2.45) is 5.92 Å². The molecule has 2 rings (SSSR count). The molecule has 1 aromatic heterocycles. The third kappa shape index (κ3) is 2.59. The van der Waals surface area contributed by atoms with Crippen LogP contribution in [-0.2, 0) is 4.74 Å². The molecule has 0 radical (unpaired) electrons. The summed E-state index contributed by atoms with van der Waals surface area (Å²) in [4.78, 5) is 6.42. The molecule has 2 heterocycles. The van der Waals surface area contributed by atoms with Crippen molar-refractivity contribution >= 4 is 11.5 Å². The summed E-state index contributed by atoms with van der Waals surface area (Å²) in [5.41, 5.74) is 6.47. The molecule has 1 unspecified atom stereocenters. The zero-order valence-corrected chi connectivity index (χ0v) is 9.02. The highest BCUT2D eigenvalue weighted by molar-refractivity contribution is 5.49. The zero-order valence-electron chi connectivity index (χ0n) is 9.02. The molecule has 0 bridgehead atoms. The smallest absolute Gasteiger partial charge is 0.130 e. The molecule has 0 saturated carbocycles. The van der Waals surface area contributed by atoms with Gasteiger partial charge in [0.15, 0.2) is 0 Å². The lowest BCUT2D eigenvalue weighted by atomic mass is 10.1. The second kappa shape index (κ2) is 4.49. The van der Waals surface area contributed by atoms with Crippen LogP contribution in [0.3, 0.4) is 0 Å². The fourth-order valence-electron chi connectivity index (χ4n) is 1.85. The van der Waals surface area contributed by atoms with E-state index < -0.39 is 0 Å². The number of nitrogens with zero attached hydrogens (tertiary/aromatic N) is 2. The van der Waals surface area contributed by atoms with Crippen molar-refractivity contribution < 1.29 is 4.74 Å². The summed E-state index contributed by atoms with van der Waals surface area (Å²) in [5, 5.41) is 0. The summed E-state index contributed by atoms with van der Waals surface area (Å²) in [6.07, 6.45) is 2.89. The lowest BCUT2D eigenvalue weighted by molar-refractivity contribution is 0.186. The predicted molar refractivity (Wildman–Crippen MR) is 60.8 cm³/mol. The fourth-order valence-corrected chi connectivity index (χ4v) is 1.85. The second-order valence-corrected chi connectivity index (χ2v) is 4.06. The first-order valence-corrected chi connectivity index (χ1v) is 5.26. The van der Waals surface area contributed by atoms with Crippen LogP contribution >= 0.6 is 0 Å². The number of nitrogen functional groups attached to an aromatic ring is 1. The molecule has 1 aromatic rings. The van der Waals surface area contributed by atoms with Crippen molar-refractivity contribution in [1.29, 1.82) is 0 Å². The van der Waals surface area contributed by atoms with Crippen LogP contribution in [-0.4, -0.2) is 31.8 Å². The Morgan fingerprint density at radius 3 is 3.20 bits per heavy atom. The number of nitrogens with two attached hydrogens (primary N) is 1. The molecular formula is C11H17N3O. The Bertz CT molecular complexity index is 323. The molecule has 4 heteroatoms. The Hall–Kier alpha value is -1.29. The van der Waals surface area contributed by atoms with E-state index in [-0.39, 0.29) is 0 Å². The first kappa shape index (κ1) is 10.2. The lowest BCUT2D eigenvalue weighted by Gasteiger charge is -2.21. The molecule has 0 aliphatic carbocycles. The van der Waals surface area contributed by atoms with Gasteiger partial charge in [0.05, 0.1) is 6.61 Å². The monoisotopic (exact) mass is 207 g/mol. The van der Waals surface area contributed by atoms with E-state index in [1.54, 1.807) is 12.3 Å². The second-order valence-electron chi connectivity index (χ2n) is 4.06. The summed E-state index contributed by atoms with van der Waals surface area (Å²) in [6.45, 7) is 2.74. The van der Waals surface area contributed by atoms with E-state index >= 15 is 0 Å². The van der Waals surface area contributed by atoms with Crippen LogP contribution in [0.2, 0.25) is 0 Å². The standard InChI is InChI=1S/C11H17N3O/c1-14(7-9-3-5-15-8-9)11-6-10(12)2-4-13-11/h2,4,6,9H,3,5,7-8H2,1H3,(H2,12,13). The van der Waals surface area contributed by atoms with E-state index in [0.29, 0.717) is 5.92 Å². The minimum atomic E-state index is 0.623. The largest absolute Gasteiger partial charge is 0.399 e. The van der Waals surface area contributed by atoms with E-state index in [0.717, 1.165) is 37.7 Å². The Kier molecular flexibility index (Phi) is 3.06. The van der Waals surface area contributed by atoms with Gasteiger partial charge in [-0.1, -0.05) is 0 Å². The Morgan fingerprint density at radius 1 is 1.67 bits per heavy atom. The van der Waals surface area contributed by atoms with Gasteiger partial charge in [0.2, 0.25) is 0 Å². The SMILES string of the molecule is CN(CC1CCOC1)c1cc(N)ccn1. The molecule has 1 saturated heterocycles. The molecule has 0 spiro atoms. The van der Waals surface area contributed by atoms with Crippen molar-refractivity contribution in [3.05, 3.63) is 18.3 Å². The van der Waals surface area contributed by atoms with E-state index in [1.807, 2.05) is 13.1 Å². The Balaban J connectivity index is 1.97. The van der Waals surface area contributed by atoms with Crippen LogP contribution in [0, 0.1) is 5.92 Å². The van der Waals surface area contributed by atoms with E-state index in [2.05, 4.69) is 9.88 Å².